The van der Waals surface area contributed by atoms with Gasteiger partial charge in [-0.25, -0.2) is 4.79 Å². The van der Waals surface area contributed by atoms with Gasteiger partial charge in [0.25, 0.3) is 0 Å². The summed E-state index contributed by atoms with van der Waals surface area (Å²) >= 11 is 0. The highest BCUT2D eigenvalue weighted by atomic mass is 16.5. The predicted molar refractivity (Wildman–Crippen MR) is 106 cm³/mol. The molecule has 1 N–H and O–H groups in total. The minimum Gasteiger partial charge on any atom is -0.491 e. The van der Waals surface area contributed by atoms with E-state index in [0.29, 0.717) is 19.8 Å². The molecule has 7 nitrogen and oxygen atoms in total. The molecule has 0 saturated carbocycles. The van der Waals surface area contributed by atoms with Gasteiger partial charge in [0.15, 0.2) is 5.43 Å². The summed E-state index contributed by atoms with van der Waals surface area (Å²) in [7, 11) is 1.68. The van der Waals surface area contributed by atoms with E-state index in [1.165, 1.54) is 12.3 Å². The zero-order valence-electron chi connectivity index (χ0n) is 15.9. The second kappa shape index (κ2) is 7.67. The molecule has 4 rings (SSSR count). The molecule has 148 valence electrons. The van der Waals surface area contributed by atoms with Crippen LogP contribution in [-0.4, -0.2) is 49.1 Å². The molecule has 0 spiro atoms. The van der Waals surface area contributed by atoms with E-state index in [2.05, 4.69) is 17.0 Å². The Morgan fingerprint density at radius 2 is 2.00 bits per heavy atom. The van der Waals surface area contributed by atoms with Crippen molar-refractivity contribution in [3.05, 3.63) is 45.7 Å². The zero-order chi connectivity index (χ0) is 19.7. The second-order valence-corrected chi connectivity index (χ2v) is 7.20. The van der Waals surface area contributed by atoms with E-state index in [-0.39, 0.29) is 5.56 Å². The van der Waals surface area contributed by atoms with Gasteiger partial charge in [0, 0.05) is 57.6 Å². The molecule has 0 radical (unpaired) electrons. The largest absolute Gasteiger partial charge is 0.491 e. The van der Waals surface area contributed by atoms with Crippen molar-refractivity contribution in [2.45, 2.75) is 25.8 Å². The predicted octanol–water partition coefficient (Wildman–Crippen LogP) is 2.40. The van der Waals surface area contributed by atoms with Crippen LogP contribution in [0.15, 0.2) is 29.2 Å². The quantitative estimate of drug-likeness (QED) is 0.739. The standard InChI is InChI=1S/C21H24N2O5/c1-27-8-3-9-28-20-10-14-4-7-23-13-16(21(25)26)19(24)12-17(23)15(14)11-18(20)22-5-2-6-22/h10-13H,2-9H2,1H3,(H,25,26). The number of methoxy groups -OCH3 is 1. The van der Waals surface area contributed by atoms with E-state index in [4.69, 9.17) is 9.47 Å². The number of rotatable bonds is 7. The molecule has 2 aliphatic heterocycles. The number of aromatic carboxylic acids is 1. The summed E-state index contributed by atoms with van der Waals surface area (Å²) in [5.41, 5.74) is 3.25. The van der Waals surface area contributed by atoms with Crippen LogP contribution in [0, 0.1) is 0 Å². The van der Waals surface area contributed by atoms with Crippen LogP contribution in [0.4, 0.5) is 5.69 Å². The van der Waals surface area contributed by atoms with Gasteiger partial charge < -0.3 is 24.0 Å². The molecule has 0 bridgehead atoms. The first kappa shape index (κ1) is 18.6. The Balaban J connectivity index is 1.74. The number of pyridine rings is 1. The van der Waals surface area contributed by atoms with E-state index in [1.54, 1.807) is 7.11 Å². The van der Waals surface area contributed by atoms with Gasteiger partial charge >= 0.3 is 5.97 Å². The number of aryl methyl sites for hydroxylation is 2. The number of anilines is 1. The molecule has 0 amide bonds. The number of hydrogen-bond acceptors (Lipinski definition) is 5. The molecule has 1 saturated heterocycles. The minimum atomic E-state index is -1.19. The molecule has 0 aliphatic carbocycles. The van der Waals surface area contributed by atoms with Crippen LogP contribution in [0.25, 0.3) is 11.3 Å². The fourth-order valence-corrected chi connectivity index (χ4v) is 3.75. The van der Waals surface area contributed by atoms with Gasteiger partial charge in [0.05, 0.1) is 18.0 Å². The zero-order valence-corrected chi connectivity index (χ0v) is 15.9. The molecule has 0 atom stereocenters. The van der Waals surface area contributed by atoms with Crippen molar-refractivity contribution >= 4 is 11.7 Å². The molecule has 2 aromatic rings. The van der Waals surface area contributed by atoms with E-state index in [9.17, 15) is 14.7 Å². The van der Waals surface area contributed by atoms with Crippen LogP contribution in [-0.2, 0) is 17.7 Å². The van der Waals surface area contributed by atoms with Crippen molar-refractivity contribution in [3.8, 4) is 17.0 Å². The third kappa shape index (κ3) is 3.38. The molecule has 1 aromatic carbocycles. The van der Waals surface area contributed by atoms with Crippen LogP contribution in [0.3, 0.4) is 0 Å². The summed E-state index contributed by atoms with van der Waals surface area (Å²) in [4.78, 5) is 25.8. The summed E-state index contributed by atoms with van der Waals surface area (Å²) in [6.45, 7) is 3.85. The lowest BCUT2D eigenvalue weighted by Crippen LogP contribution is -2.37. The van der Waals surface area contributed by atoms with Gasteiger partial charge in [-0.3, -0.25) is 4.79 Å². The maximum Gasteiger partial charge on any atom is 0.341 e. The SMILES string of the molecule is COCCCOc1cc2c(cc1N1CCC1)-c1cc(=O)c(C(=O)O)cn1CC2. The maximum atomic E-state index is 12.3. The van der Waals surface area contributed by atoms with Crippen molar-refractivity contribution in [2.75, 3.05) is 38.3 Å². The van der Waals surface area contributed by atoms with E-state index in [1.807, 2.05) is 4.57 Å². The summed E-state index contributed by atoms with van der Waals surface area (Å²) < 4.78 is 13.0. The minimum absolute atomic E-state index is 0.187. The lowest BCUT2D eigenvalue weighted by atomic mass is 9.94. The normalized spacial score (nSPS) is 14.8. The third-order valence-electron chi connectivity index (χ3n) is 5.39. The Morgan fingerprint density at radius 3 is 2.68 bits per heavy atom. The van der Waals surface area contributed by atoms with Crippen LogP contribution in [0.5, 0.6) is 5.75 Å². The van der Waals surface area contributed by atoms with Crippen LogP contribution in [0.2, 0.25) is 0 Å². The number of carboxylic acid groups (broad SMARTS) is 1. The highest BCUT2D eigenvalue weighted by Gasteiger charge is 2.25. The fourth-order valence-electron chi connectivity index (χ4n) is 3.75. The molecular formula is C21H24N2O5. The summed E-state index contributed by atoms with van der Waals surface area (Å²) in [6.07, 6.45) is 4.20. The number of carbonyl (C=O) groups is 1. The maximum absolute atomic E-state index is 12.3. The van der Waals surface area contributed by atoms with Crippen molar-refractivity contribution in [3.63, 3.8) is 0 Å². The van der Waals surface area contributed by atoms with Crippen LogP contribution in [0.1, 0.15) is 28.8 Å². The molecule has 1 aromatic heterocycles. The van der Waals surface area contributed by atoms with Crippen LogP contribution >= 0.6 is 0 Å². The van der Waals surface area contributed by atoms with Crippen molar-refractivity contribution in [1.29, 1.82) is 0 Å². The molecular weight excluding hydrogens is 360 g/mol. The van der Waals surface area contributed by atoms with E-state index >= 15 is 0 Å². The molecule has 0 unspecified atom stereocenters. The van der Waals surface area contributed by atoms with Gasteiger partial charge in [-0.15, -0.1) is 0 Å². The summed E-state index contributed by atoms with van der Waals surface area (Å²) in [6, 6.07) is 5.61. The lowest BCUT2D eigenvalue weighted by molar-refractivity contribution is 0.0694. The Hall–Kier alpha value is -2.80. The molecule has 7 heteroatoms. The number of ether oxygens (including phenoxy) is 2. The number of hydrogen-bond donors (Lipinski definition) is 1. The fraction of sp³-hybridized carbons (Fsp3) is 0.429. The summed E-state index contributed by atoms with van der Waals surface area (Å²) in [5.74, 6) is -0.320. The first-order valence-electron chi connectivity index (χ1n) is 9.60. The lowest BCUT2D eigenvalue weighted by Gasteiger charge is -2.36. The van der Waals surface area contributed by atoms with Gasteiger partial charge in [-0.1, -0.05) is 0 Å². The smallest absolute Gasteiger partial charge is 0.341 e. The van der Waals surface area contributed by atoms with Gasteiger partial charge in [-0.05, 0) is 30.5 Å². The van der Waals surface area contributed by atoms with Crippen molar-refractivity contribution < 1.29 is 19.4 Å². The average Bonchev–Trinajstić information content (AvgIpc) is 2.63. The van der Waals surface area contributed by atoms with Gasteiger partial charge in [0.2, 0.25) is 0 Å². The molecule has 1 fully saturated rings. The van der Waals surface area contributed by atoms with Crippen LogP contribution < -0.4 is 15.1 Å². The number of nitrogens with zero attached hydrogens (tertiary/aromatic N) is 2. The monoisotopic (exact) mass is 384 g/mol. The van der Waals surface area contributed by atoms with Crippen molar-refractivity contribution in [2.24, 2.45) is 0 Å². The number of fused-ring (bicyclic) bond motifs is 3. The molecule has 28 heavy (non-hydrogen) atoms. The topological polar surface area (TPSA) is 81.0 Å². The first-order chi connectivity index (χ1) is 13.6. The first-order valence-corrected chi connectivity index (χ1v) is 9.60. The van der Waals surface area contributed by atoms with E-state index in [0.717, 1.165) is 60.6 Å². The number of benzene rings is 1. The van der Waals surface area contributed by atoms with Crippen molar-refractivity contribution in [1.82, 2.24) is 4.57 Å². The Labute approximate surface area is 163 Å². The summed E-state index contributed by atoms with van der Waals surface area (Å²) in [5, 5.41) is 9.23. The van der Waals surface area contributed by atoms with Gasteiger partial charge in [-0.2, -0.15) is 0 Å². The average molecular weight is 384 g/mol. The second-order valence-electron chi connectivity index (χ2n) is 7.20. The highest BCUT2D eigenvalue weighted by molar-refractivity contribution is 5.88. The van der Waals surface area contributed by atoms with Gasteiger partial charge in [0.1, 0.15) is 11.3 Å². The molecule has 3 heterocycles. The number of carboxylic acids is 1. The van der Waals surface area contributed by atoms with E-state index < -0.39 is 11.4 Å². The molecule has 2 aliphatic rings. The Kier molecular flexibility index (Phi) is 5.09. The Morgan fingerprint density at radius 1 is 1.18 bits per heavy atom. The Bertz CT molecular complexity index is 962. The third-order valence-corrected chi connectivity index (χ3v) is 5.39. The number of aromatic nitrogens is 1. The highest BCUT2D eigenvalue weighted by Crippen LogP contribution is 2.40.